The summed E-state index contributed by atoms with van der Waals surface area (Å²) in [6.45, 7) is 13.5. The summed E-state index contributed by atoms with van der Waals surface area (Å²) >= 11 is 0. The van der Waals surface area contributed by atoms with Gasteiger partial charge in [-0.2, -0.15) is 0 Å². The molecule has 19 heteroatoms. The Hall–Kier alpha value is -6.18. The molecule has 2 saturated heterocycles. The number of likely N-dealkylation sites (N-methyl/N-ethyl adjacent to an activating group) is 1. The highest BCUT2D eigenvalue weighted by molar-refractivity contribution is 6.12. The van der Waals surface area contributed by atoms with Gasteiger partial charge in [0.25, 0.3) is 11.8 Å². The Morgan fingerprint density at radius 1 is 0.829 bits per heavy atom. The maximum atomic E-state index is 14.6. The van der Waals surface area contributed by atoms with Gasteiger partial charge < -0.3 is 49.8 Å². The summed E-state index contributed by atoms with van der Waals surface area (Å²) in [6, 6.07) is 14.0. The second-order valence-electron chi connectivity index (χ2n) is 20.9. The molecular formula is C57H85N9O10. The Labute approximate surface area is 450 Å². The van der Waals surface area contributed by atoms with E-state index in [0.717, 1.165) is 23.5 Å². The minimum Gasteiger partial charge on any atom is -0.379 e. The number of ether oxygens (including phenoxy) is 3. The van der Waals surface area contributed by atoms with E-state index in [2.05, 4.69) is 34.7 Å². The van der Waals surface area contributed by atoms with Crippen LogP contribution in [0.15, 0.2) is 71.7 Å². The third kappa shape index (κ3) is 16.9. The van der Waals surface area contributed by atoms with Gasteiger partial charge in [-0.3, -0.25) is 38.5 Å². The van der Waals surface area contributed by atoms with Crippen LogP contribution in [0.1, 0.15) is 97.1 Å². The summed E-state index contributed by atoms with van der Waals surface area (Å²) in [5.74, 6) is -2.03. The van der Waals surface area contributed by atoms with Crippen molar-refractivity contribution in [3.63, 3.8) is 0 Å². The number of guanidine groups is 1. The summed E-state index contributed by atoms with van der Waals surface area (Å²) in [4.78, 5) is 108. The van der Waals surface area contributed by atoms with Crippen molar-refractivity contribution in [2.75, 3.05) is 80.1 Å². The predicted molar refractivity (Wildman–Crippen MR) is 292 cm³/mol. The van der Waals surface area contributed by atoms with E-state index in [1.54, 1.807) is 43.0 Å². The molecule has 2 aromatic carbocycles. The Bertz CT molecular complexity index is 2290. The number of nitrogens with zero attached hydrogens (tertiary/aromatic N) is 6. The zero-order chi connectivity index (χ0) is 55.5. The van der Waals surface area contributed by atoms with Crippen LogP contribution in [0, 0.1) is 17.8 Å². The summed E-state index contributed by atoms with van der Waals surface area (Å²) in [7, 11) is 8.77. The first-order chi connectivity index (χ1) is 36.4. The van der Waals surface area contributed by atoms with E-state index in [1.165, 1.54) is 24.2 Å². The summed E-state index contributed by atoms with van der Waals surface area (Å²) < 4.78 is 17.8. The molecule has 0 aromatic heterocycles. The van der Waals surface area contributed by atoms with Crippen LogP contribution >= 0.6 is 0 Å². The lowest BCUT2D eigenvalue weighted by Gasteiger charge is -2.40. The SMILES string of the molecule is CC[C@H](C)[C@@H]([C@@H](CC(=O)N1CCCC1[C@H](OC)[C@@H](C)C(=O)NC(Cc1ccccc1)C(=O)Nc1ccc(CNC(=O)CCCCCN2C(=O)C=CC2=O)cc1)OC)N(C)C(=O)C(N=C(N(C)C)N1CCOCC1)C(C)C. The average Bonchev–Trinajstić information content (AvgIpc) is 4.03. The first-order valence-corrected chi connectivity index (χ1v) is 27.1. The van der Waals surface area contributed by atoms with Gasteiger partial charge in [-0.15, -0.1) is 0 Å². The minimum absolute atomic E-state index is 0.00655. The normalized spacial score (nSPS) is 18.7. The van der Waals surface area contributed by atoms with Crippen LogP contribution in [0.25, 0.3) is 0 Å². The van der Waals surface area contributed by atoms with Crippen LogP contribution in [0.3, 0.4) is 0 Å². The number of benzene rings is 2. The van der Waals surface area contributed by atoms with Crippen LogP contribution in [-0.2, 0) is 60.7 Å². The van der Waals surface area contributed by atoms with E-state index in [0.29, 0.717) is 83.6 Å². The maximum absolute atomic E-state index is 14.6. The number of nitrogens with one attached hydrogen (secondary N) is 3. The number of rotatable bonds is 27. The van der Waals surface area contributed by atoms with Gasteiger partial charge in [-0.05, 0) is 60.8 Å². The number of hydrogen-bond acceptors (Lipinski definition) is 11. The van der Waals surface area contributed by atoms with Crippen LogP contribution in [0.5, 0.6) is 0 Å². The van der Waals surface area contributed by atoms with Crippen LogP contribution < -0.4 is 16.0 Å². The molecule has 3 N–H and O–H groups in total. The fourth-order valence-corrected chi connectivity index (χ4v) is 10.3. The molecule has 2 fully saturated rings. The molecule has 8 atom stereocenters. The second-order valence-corrected chi connectivity index (χ2v) is 20.9. The number of aliphatic imine (C=N–C) groups is 1. The summed E-state index contributed by atoms with van der Waals surface area (Å²) in [5.41, 5.74) is 2.19. The highest BCUT2D eigenvalue weighted by Gasteiger charge is 2.43. The maximum Gasteiger partial charge on any atom is 0.253 e. The highest BCUT2D eigenvalue weighted by Crippen LogP contribution is 2.30. The molecule has 3 heterocycles. The topological polar surface area (TPSA) is 212 Å². The first-order valence-electron chi connectivity index (χ1n) is 27.1. The summed E-state index contributed by atoms with van der Waals surface area (Å²) in [6.07, 6.45) is 5.71. The van der Waals surface area contributed by atoms with Crippen LogP contribution in [0.2, 0.25) is 0 Å². The number of likely N-dealkylation sites (tertiary alicyclic amines) is 1. The first kappa shape index (κ1) is 60.7. The molecule has 0 spiro atoms. The van der Waals surface area contributed by atoms with E-state index in [-0.39, 0.29) is 60.8 Å². The number of unbranched alkanes of at least 4 members (excludes halogenated alkanes) is 2. The quantitative estimate of drug-likeness (QED) is 0.0484. The number of hydrogen-bond donors (Lipinski definition) is 3. The molecule has 3 aliphatic rings. The fourth-order valence-electron chi connectivity index (χ4n) is 10.3. The van der Waals surface area contributed by atoms with Gasteiger partial charge in [-0.1, -0.05) is 89.9 Å². The molecule has 418 valence electrons. The smallest absolute Gasteiger partial charge is 0.253 e. The van der Waals surface area contributed by atoms with Crippen LogP contribution in [0.4, 0.5) is 5.69 Å². The molecule has 0 radical (unpaired) electrons. The molecule has 76 heavy (non-hydrogen) atoms. The lowest BCUT2D eigenvalue weighted by molar-refractivity contribution is -0.146. The largest absolute Gasteiger partial charge is 0.379 e. The summed E-state index contributed by atoms with van der Waals surface area (Å²) in [5, 5.41) is 8.88. The van der Waals surface area contributed by atoms with Crippen molar-refractivity contribution >= 4 is 53.0 Å². The minimum atomic E-state index is -0.961. The highest BCUT2D eigenvalue weighted by atomic mass is 16.5. The number of carbonyl (C=O) groups is 7. The molecule has 7 amide bonds. The van der Waals surface area contributed by atoms with Gasteiger partial charge in [0.2, 0.25) is 29.5 Å². The van der Waals surface area contributed by atoms with Gasteiger partial charge in [0, 0.05) is 98.8 Å². The zero-order valence-corrected chi connectivity index (χ0v) is 46.6. The van der Waals surface area contributed by atoms with Crippen molar-refractivity contribution in [3.8, 4) is 0 Å². The molecule has 3 aliphatic heterocycles. The molecular weight excluding hydrogens is 971 g/mol. The molecule has 3 unspecified atom stereocenters. The lowest BCUT2D eigenvalue weighted by Crippen LogP contribution is -2.55. The van der Waals surface area contributed by atoms with Gasteiger partial charge in [0.05, 0.1) is 49.8 Å². The number of imide groups is 1. The molecule has 5 rings (SSSR count). The predicted octanol–water partition coefficient (Wildman–Crippen LogP) is 4.65. The van der Waals surface area contributed by atoms with E-state index < -0.39 is 54.1 Å². The molecule has 0 bridgehead atoms. The molecule has 0 saturated carbocycles. The standard InChI is InChI=1S/C57H85N9O10/c1-11-39(4)52(63(8)56(73)51(38(2)3)61-57(62(6)7)64-31-33-76-34-32-64)46(74-9)36-50(70)65-30-18-21-45(65)53(75-10)40(5)54(71)60-44(35-41-19-14-12-15-20-41)55(72)59-43-25-23-42(24-26-43)37-58-47(67)22-16-13-17-29-66-48(68)27-28-49(66)69/h12,14-15,19-20,23-28,38-40,44-46,51-53H,11,13,16-18,21-22,29-37H2,1-10H3,(H,58,67)(H,59,72)(H,60,71)/t39-,40+,44?,45?,46+,51?,52-,53+/m0/s1. The number of carbonyl (C=O) groups excluding carboxylic acids is 7. The van der Waals surface area contributed by atoms with Crippen LogP contribution in [-0.4, -0.2) is 183 Å². The molecule has 0 aliphatic carbocycles. The lowest BCUT2D eigenvalue weighted by atomic mass is 9.89. The number of morpholine rings is 1. The monoisotopic (exact) mass is 1060 g/mol. The van der Waals surface area contributed by atoms with Crippen molar-refractivity contribution in [2.24, 2.45) is 22.7 Å². The Morgan fingerprint density at radius 3 is 2.11 bits per heavy atom. The number of anilines is 1. The van der Waals surface area contributed by atoms with E-state index in [9.17, 15) is 33.6 Å². The van der Waals surface area contributed by atoms with Crippen molar-refractivity contribution in [3.05, 3.63) is 77.9 Å². The Kier molecular flexibility index (Phi) is 23.9. The third-order valence-corrected chi connectivity index (χ3v) is 14.9. The fraction of sp³-hybridized carbons (Fsp3) is 0.614. The van der Waals surface area contributed by atoms with Crippen molar-refractivity contribution < 1.29 is 47.8 Å². The van der Waals surface area contributed by atoms with Crippen molar-refractivity contribution in [1.82, 2.24) is 35.1 Å². The van der Waals surface area contributed by atoms with E-state index in [4.69, 9.17) is 19.2 Å². The molecule has 19 nitrogen and oxygen atoms in total. The number of methoxy groups -OCH3 is 2. The third-order valence-electron chi connectivity index (χ3n) is 14.9. The zero-order valence-electron chi connectivity index (χ0n) is 46.6. The van der Waals surface area contributed by atoms with Gasteiger partial charge in [-0.25, -0.2) is 4.99 Å². The Morgan fingerprint density at radius 2 is 1.50 bits per heavy atom. The van der Waals surface area contributed by atoms with Gasteiger partial charge in [0.15, 0.2) is 5.96 Å². The van der Waals surface area contributed by atoms with Crippen molar-refractivity contribution in [2.45, 2.75) is 135 Å². The average molecular weight is 1060 g/mol. The Balaban J connectivity index is 1.21. The van der Waals surface area contributed by atoms with Crippen molar-refractivity contribution in [1.29, 1.82) is 0 Å². The molecule has 2 aromatic rings. The van der Waals surface area contributed by atoms with Gasteiger partial charge in [0.1, 0.15) is 12.1 Å². The van der Waals surface area contributed by atoms with E-state index >= 15 is 0 Å². The number of amides is 7. The van der Waals surface area contributed by atoms with E-state index in [1.807, 2.05) is 75.3 Å². The van der Waals surface area contributed by atoms with Gasteiger partial charge >= 0.3 is 0 Å². The second kappa shape index (κ2) is 29.9.